The molecule has 4 nitrogen and oxygen atoms in total. The molecule has 0 aliphatic heterocycles. The van der Waals surface area contributed by atoms with Gasteiger partial charge in [0.2, 0.25) is 0 Å². The molecule has 0 aliphatic carbocycles. The van der Waals surface area contributed by atoms with Crippen LogP contribution >= 0.6 is 12.2 Å². The van der Waals surface area contributed by atoms with Crippen LogP contribution in [-0.4, -0.2) is 16.2 Å². The van der Waals surface area contributed by atoms with Crippen LogP contribution in [0.1, 0.15) is 5.56 Å². The normalized spacial score (nSPS) is 10.4. The van der Waals surface area contributed by atoms with Crippen LogP contribution in [0, 0.1) is 16.1 Å². The Kier molecular flexibility index (Phi) is 3.71. The van der Waals surface area contributed by atoms with E-state index < -0.39 is 0 Å². The lowest BCUT2D eigenvalue weighted by Gasteiger charge is -2.07. The Morgan fingerprint density at radius 1 is 1.19 bits per heavy atom. The predicted molar refractivity (Wildman–Crippen MR) is 83.8 cm³/mol. The molecule has 5 heteroatoms. The Labute approximate surface area is 127 Å². The first kappa shape index (κ1) is 13.4. The third-order valence-electron chi connectivity index (χ3n) is 3.23. The fourth-order valence-corrected chi connectivity index (χ4v) is 2.52. The van der Waals surface area contributed by atoms with E-state index in [0.29, 0.717) is 23.5 Å². The van der Waals surface area contributed by atoms with E-state index in [1.54, 1.807) is 6.07 Å². The third kappa shape index (κ3) is 2.81. The molecule has 2 aromatic carbocycles. The molecule has 0 aliphatic rings. The van der Waals surface area contributed by atoms with Crippen LogP contribution < -0.4 is 4.74 Å². The van der Waals surface area contributed by atoms with Crippen molar-refractivity contribution in [2.75, 3.05) is 6.61 Å². The number of nitrogens with one attached hydrogen (secondary N) is 1. The maximum atomic E-state index is 9.00. The average Bonchev–Trinajstić information content (AvgIpc) is 2.83. The molecular formula is C16H13N3OS. The lowest BCUT2D eigenvalue weighted by molar-refractivity contribution is 0.299. The lowest BCUT2D eigenvalue weighted by Crippen LogP contribution is -2.08. The highest BCUT2D eigenvalue weighted by atomic mass is 32.1. The molecule has 0 bridgehead atoms. The molecule has 0 saturated heterocycles. The Morgan fingerprint density at radius 3 is 2.76 bits per heavy atom. The first-order chi connectivity index (χ1) is 10.3. The largest absolute Gasteiger partial charge is 0.492 e. The van der Waals surface area contributed by atoms with Crippen molar-refractivity contribution < 1.29 is 4.74 Å². The molecule has 0 fully saturated rings. The molecule has 3 aromatic rings. The maximum Gasteiger partial charge on any atom is 0.178 e. The zero-order valence-corrected chi connectivity index (χ0v) is 12.1. The van der Waals surface area contributed by atoms with Gasteiger partial charge < -0.3 is 14.3 Å². The summed E-state index contributed by atoms with van der Waals surface area (Å²) in [5.41, 5.74) is 2.48. The third-order valence-corrected chi connectivity index (χ3v) is 3.55. The second-order valence-corrected chi connectivity index (χ2v) is 4.97. The number of H-pyrrole nitrogens is 1. The first-order valence-electron chi connectivity index (χ1n) is 6.58. The van der Waals surface area contributed by atoms with Crippen molar-refractivity contribution >= 4 is 23.3 Å². The number of para-hydroxylation sites is 1. The highest BCUT2D eigenvalue weighted by molar-refractivity contribution is 7.71. The number of aromatic amines is 1. The fraction of sp³-hybridized carbons (Fsp3) is 0.125. The number of hydrogen-bond acceptors (Lipinski definition) is 3. The van der Waals surface area contributed by atoms with Crippen molar-refractivity contribution in [3.05, 3.63) is 58.9 Å². The van der Waals surface area contributed by atoms with Gasteiger partial charge >= 0.3 is 0 Å². The smallest absolute Gasteiger partial charge is 0.178 e. The summed E-state index contributed by atoms with van der Waals surface area (Å²) in [5, 5.41) is 9.00. The van der Waals surface area contributed by atoms with E-state index in [9.17, 15) is 0 Å². The van der Waals surface area contributed by atoms with Crippen molar-refractivity contribution in [1.29, 1.82) is 5.26 Å². The van der Waals surface area contributed by atoms with E-state index in [1.807, 2.05) is 47.0 Å². The van der Waals surface area contributed by atoms with Gasteiger partial charge in [0.15, 0.2) is 4.77 Å². The van der Waals surface area contributed by atoms with E-state index in [4.69, 9.17) is 22.2 Å². The molecule has 21 heavy (non-hydrogen) atoms. The number of nitrogens with zero attached hydrogens (tertiary/aromatic N) is 2. The topological polar surface area (TPSA) is 53.7 Å². The van der Waals surface area contributed by atoms with E-state index in [0.717, 1.165) is 16.8 Å². The molecule has 0 amide bonds. The van der Waals surface area contributed by atoms with Gasteiger partial charge in [-0.05, 0) is 42.5 Å². The van der Waals surface area contributed by atoms with Crippen LogP contribution in [0.2, 0.25) is 0 Å². The number of rotatable bonds is 4. The Morgan fingerprint density at radius 2 is 2.00 bits per heavy atom. The summed E-state index contributed by atoms with van der Waals surface area (Å²) in [6.45, 7) is 1.14. The van der Waals surface area contributed by atoms with Gasteiger partial charge in [-0.2, -0.15) is 5.26 Å². The van der Waals surface area contributed by atoms with Gasteiger partial charge in [0.1, 0.15) is 12.4 Å². The van der Waals surface area contributed by atoms with Gasteiger partial charge in [-0.1, -0.05) is 18.2 Å². The van der Waals surface area contributed by atoms with E-state index in [-0.39, 0.29) is 0 Å². The first-order valence-corrected chi connectivity index (χ1v) is 6.99. The SMILES string of the molecule is N#Cc1ccc2[nH]c(=S)n(CCOc3ccccc3)c2c1. The van der Waals surface area contributed by atoms with Gasteiger partial charge in [-0.25, -0.2) is 0 Å². The van der Waals surface area contributed by atoms with E-state index in [1.165, 1.54) is 0 Å². The standard InChI is InChI=1S/C16H13N3OS/c17-11-12-6-7-14-15(10-12)19(16(21)18-14)8-9-20-13-4-2-1-3-5-13/h1-7,10H,8-9H2,(H,18,21). The molecule has 0 atom stereocenters. The second-order valence-electron chi connectivity index (χ2n) is 4.59. The highest BCUT2D eigenvalue weighted by Gasteiger charge is 2.05. The van der Waals surface area contributed by atoms with Gasteiger partial charge in [-0.3, -0.25) is 0 Å². The van der Waals surface area contributed by atoms with Crippen LogP contribution in [0.4, 0.5) is 0 Å². The lowest BCUT2D eigenvalue weighted by atomic mass is 10.2. The van der Waals surface area contributed by atoms with Crippen LogP contribution in [-0.2, 0) is 6.54 Å². The van der Waals surface area contributed by atoms with Crippen LogP contribution in [0.25, 0.3) is 11.0 Å². The molecule has 1 N–H and O–H groups in total. The van der Waals surface area contributed by atoms with E-state index in [2.05, 4.69) is 11.1 Å². The highest BCUT2D eigenvalue weighted by Crippen LogP contribution is 2.16. The maximum absolute atomic E-state index is 9.00. The number of ether oxygens (including phenoxy) is 1. The molecule has 0 spiro atoms. The van der Waals surface area contributed by atoms with Crippen molar-refractivity contribution in [3.8, 4) is 11.8 Å². The Bertz CT molecular complexity index is 859. The van der Waals surface area contributed by atoms with E-state index >= 15 is 0 Å². The minimum atomic E-state index is 0.516. The van der Waals surface area contributed by atoms with Crippen LogP contribution in [0.3, 0.4) is 0 Å². The molecule has 0 radical (unpaired) electrons. The summed E-state index contributed by atoms with van der Waals surface area (Å²) >= 11 is 5.33. The Hall–Kier alpha value is -2.58. The number of nitriles is 1. The minimum Gasteiger partial charge on any atom is -0.492 e. The minimum absolute atomic E-state index is 0.516. The van der Waals surface area contributed by atoms with Crippen molar-refractivity contribution in [3.63, 3.8) is 0 Å². The quantitative estimate of drug-likeness (QED) is 0.747. The van der Waals surface area contributed by atoms with Crippen LogP contribution in [0.5, 0.6) is 5.75 Å². The second kappa shape index (κ2) is 5.81. The van der Waals surface area contributed by atoms with Gasteiger partial charge in [0, 0.05) is 0 Å². The van der Waals surface area contributed by atoms with Crippen molar-refractivity contribution in [2.24, 2.45) is 0 Å². The molecule has 0 saturated carbocycles. The number of hydrogen-bond donors (Lipinski definition) is 1. The summed E-state index contributed by atoms with van der Waals surface area (Å²) in [5.74, 6) is 0.835. The fourth-order valence-electron chi connectivity index (χ4n) is 2.22. The predicted octanol–water partition coefficient (Wildman–Crippen LogP) is 3.65. The molecular weight excluding hydrogens is 282 g/mol. The zero-order chi connectivity index (χ0) is 14.7. The molecule has 0 unspecified atom stereocenters. The number of aromatic nitrogens is 2. The Balaban J connectivity index is 1.82. The van der Waals surface area contributed by atoms with Gasteiger partial charge in [-0.15, -0.1) is 0 Å². The molecule has 104 valence electrons. The summed E-state index contributed by atoms with van der Waals surface area (Å²) in [6, 6.07) is 17.3. The summed E-state index contributed by atoms with van der Waals surface area (Å²) in [7, 11) is 0. The zero-order valence-electron chi connectivity index (χ0n) is 11.2. The van der Waals surface area contributed by atoms with Gasteiger partial charge in [0.05, 0.1) is 29.2 Å². The molecule has 1 heterocycles. The van der Waals surface area contributed by atoms with Crippen molar-refractivity contribution in [2.45, 2.75) is 6.54 Å². The molecule has 3 rings (SSSR count). The summed E-state index contributed by atoms with van der Waals surface area (Å²) in [4.78, 5) is 3.14. The summed E-state index contributed by atoms with van der Waals surface area (Å²) < 4.78 is 8.28. The average molecular weight is 295 g/mol. The number of benzene rings is 2. The van der Waals surface area contributed by atoms with Gasteiger partial charge in [0.25, 0.3) is 0 Å². The number of fused-ring (bicyclic) bond motifs is 1. The molecule has 1 aromatic heterocycles. The monoisotopic (exact) mass is 295 g/mol. The summed E-state index contributed by atoms with van der Waals surface area (Å²) in [6.07, 6.45) is 0. The van der Waals surface area contributed by atoms with Crippen molar-refractivity contribution in [1.82, 2.24) is 9.55 Å². The van der Waals surface area contributed by atoms with Crippen LogP contribution in [0.15, 0.2) is 48.5 Å². The number of imidazole rings is 1.